The quantitative estimate of drug-likeness (QED) is 0.216. The van der Waals surface area contributed by atoms with Crippen molar-refractivity contribution in [1.82, 2.24) is 9.13 Å². The molecule has 0 saturated heterocycles. The molecule has 0 atom stereocenters. The number of hydrogen-bond acceptors (Lipinski definition) is 3. The van der Waals surface area contributed by atoms with E-state index in [4.69, 9.17) is 0 Å². The molecular weight excluding hydrogens is 538 g/mol. The van der Waals surface area contributed by atoms with Crippen molar-refractivity contribution in [3.05, 3.63) is 144 Å². The van der Waals surface area contributed by atoms with Crippen molar-refractivity contribution in [2.24, 2.45) is 0 Å². The molecule has 2 aromatic heterocycles. The number of benzene rings is 6. The average molecular weight is 560 g/mol. The van der Waals surface area contributed by atoms with E-state index < -0.39 is 0 Å². The van der Waals surface area contributed by atoms with E-state index in [1.165, 1.54) is 0 Å². The van der Waals surface area contributed by atoms with Gasteiger partial charge >= 0.3 is 0 Å². The fourth-order valence-electron chi connectivity index (χ4n) is 6.49. The van der Waals surface area contributed by atoms with E-state index >= 15 is 0 Å². The molecule has 202 valence electrons. The smallest absolute Gasteiger partial charge is 0.0998 e. The van der Waals surface area contributed by atoms with Crippen molar-refractivity contribution in [3.8, 4) is 40.7 Å². The van der Waals surface area contributed by atoms with Gasteiger partial charge in [-0.05, 0) is 77.9 Å². The van der Waals surface area contributed by atoms with Gasteiger partial charge in [0, 0.05) is 32.9 Å². The summed E-state index contributed by atoms with van der Waals surface area (Å²) >= 11 is 0. The highest BCUT2D eigenvalue weighted by atomic mass is 15.0. The standard InChI is InChI=1S/C39H21N5/c40-22-25-13-15-31(28(17-25)24-42)27-19-29(43-36-10-4-1-7-32(36)33-8-2-5-11-37(33)43)21-30(20-27)44-38-12-6-3-9-34(38)35-18-26(23-41)14-16-39(35)44/h1-21H. The van der Waals surface area contributed by atoms with Gasteiger partial charge in [-0.3, -0.25) is 0 Å². The molecule has 0 saturated carbocycles. The van der Waals surface area contributed by atoms with Gasteiger partial charge in [0.05, 0.1) is 57.0 Å². The van der Waals surface area contributed by atoms with Crippen LogP contribution in [0.5, 0.6) is 0 Å². The number of para-hydroxylation sites is 3. The summed E-state index contributed by atoms with van der Waals surface area (Å²) < 4.78 is 4.50. The summed E-state index contributed by atoms with van der Waals surface area (Å²) in [5, 5.41) is 33.7. The zero-order chi connectivity index (χ0) is 29.8. The molecule has 0 spiro atoms. The topological polar surface area (TPSA) is 81.2 Å². The van der Waals surface area contributed by atoms with Crippen LogP contribution in [0.2, 0.25) is 0 Å². The zero-order valence-corrected chi connectivity index (χ0v) is 23.4. The van der Waals surface area contributed by atoms with Gasteiger partial charge in [-0.1, -0.05) is 60.7 Å². The average Bonchev–Trinajstić information content (AvgIpc) is 3.60. The molecule has 5 heteroatoms. The molecule has 44 heavy (non-hydrogen) atoms. The Morgan fingerprint density at radius 2 is 0.886 bits per heavy atom. The lowest BCUT2D eigenvalue weighted by atomic mass is 9.97. The van der Waals surface area contributed by atoms with E-state index in [1.807, 2.05) is 36.4 Å². The Bertz CT molecular complexity index is 2540. The van der Waals surface area contributed by atoms with Gasteiger partial charge in [0.2, 0.25) is 0 Å². The SMILES string of the molecule is N#Cc1ccc(-c2cc(-n3c4ccccc4c4ccccc43)cc(-n3c4ccccc4c4cc(C#N)ccc43)c2)c(C#N)c1. The van der Waals surface area contributed by atoms with Gasteiger partial charge < -0.3 is 9.13 Å². The van der Waals surface area contributed by atoms with Crippen molar-refractivity contribution in [1.29, 1.82) is 15.8 Å². The molecule has 0 aliphatic heterocycles. The molecular formula is C39H21N5. The fourth-order valence-corrected chi connectivity index (χ4v) is 6.49. The Morgan fingerprint density at radius 3 is 1.43 bits per heavy atom. The first-order chi connectivity index (χ1) is 21.7. The molecule has 0 bridgehead atoms. The summed E-state index contributed by atoms with van der Waals surface area (Å²) in [5.41, 5.74) is 9.13. The lowest BCUT2D eigenvalue weighted by Crippen LogP contribution is -2.00. The highest BCUT2D eigenvalue weighted by Crippen LogP contribution is 2.38. The van der Waals surface area contributed by atoms with E-state index in [1.54, 1.807) is 12.1 Å². The minimum Gasteiger partial charge on any atom is -0.309 e. The van der Waals surface area contributed by atoms with Crippen molar-refractivity contribution in [2.45, 2.75) is 0 Å². The van der Waals surface area contributed by atoms with Crippen molar-refractivity contribution in [3.63, 3.8) is 0 Å². The van der Waals surface area contributed by atoms with Crippen LogP contribution in [0.3, 0.4) is 0 Å². The molecule has 0 N–H and O–H groups in total. The van der Waals surface area contributed by atoms with Crippen LogP contribution in [0.25, 0.3) is 66.1 Å². The minimum absolute atomic E-state index is 0.440. The molecule has 5 nitrogen and oxygen atoms in total. The highest BCUT2D eigenvalue weighted by molar-refractivity contribution is 6.11. The van der Waals surface area contributed by atoms with E-state index in [0.717, 1.165) is 66.1 Å². The van der Waals surface area contributed by atoms with Crippen LogP contribution >= 0.6 is 0 Å². The summed E-state index contributed by atoms with van der Waals surface area (Å²) in [6, 6.07) is 49.2. The van der Waals surface area contributed by atoms with Gasteiger partial charge in [-0.2, -0.15) is 15.8 Å². The molecule has 0 aliphatic carbocycles. The van der Waals surface area contributed by atoms with Gasteiger partial charge in [0.25, 0.3) is 0 Å². The predicted octanol–water partition coefficient (Wildman–Crippen LogP) is 9.16. The molecule has 8 rings (SSSR count). The minimum atomic E-state index is 0.440. The maximum Gasteiger partial charge on any atom is 0.0998 e. The van der Waals surface area contributed by atoms with E-state index in [2.05, 4.69) is 106 Å². The van der Waals surface area contributed by atoms with Crippen LogP contribution in [-0.4, -0.2) is 9.13 Å². The van der Waals surface area contributed by atoms with E-state index in [0.29, 0.717) is 16.7 Å². The van der Waals surface area contributed by atoms with E-state index in [-0.39, 0.29) is 0 Å². The molecule has 0 aliphatic rings. The monoisotopic (exact) mass is 559 g/mol. The number of aromatic nitrogens is 2. The number of fused-ring (bicyclic) bond motifs is 6. The second-order valence-electron chi connectivity index (χ2n) is 10.8. The third-order valence-corrected chi connectivity index (χ3v) is 8.38. The summed E-state index contributed by atoms with van der Waals surface area (Å²) in [5.74, 6) is 0. The number of nitriles is 3. The number of rotatable bonds is 3. The first-order valence-electron chi connectivity index (χ1n) is 14.2. The normalized spacial score (nSPS) is 11.1. The first kappa shape index (κ1) is 25.1. The van der Waals surface area contributed by atoms with Crippen LogP contribution in [0, 0.1) is 34.0 Å². The Balaban J connectivity index is 1.51. The third-order valence-electron chi connectivity index (χ3n) is 8.38. The molecule has 2 heterocycles. The number of nitrogens with zero attached hydrogens (tertiary/aromatic N) is 5. The molecule has 6 aromatic carbocycles. The highest BCUT2D eigenvalue weighted by Gasteiger charge is 2.18. The molecule has 0 radical (unpaired) electrons. The number of hydrogen-bond donors (Lipinski definition) is 0. The third kappa shape index (κ3) is 3.70. The van der Waals surface area contributed by atoms with Crippen LogP contribution in [0.15, 0.2) is 127 Å². The molecule has 0 unspecified atom stereocenters. The first-order valence-corrected chi connectivity index (χ1v) is 14.2. The van der Waals surface area contributed by atoms with Crippen LogP contribution in [0.4, 0.5) is 0 Å². The van der Waals surface area contributed by atoms with Crippen molar-refractivity contribution < 1.29 is 0 Å². The molecule has 0 amide bonds. The maximum absolute atomic E-state index is 10.1. The fraction of sp³-hybridized carbons (Fsp3) is 0. The molecule has 0 fully saturated rings. The Kier molecular flexibility index (Phi) is 5.56. The van der Waals surface area contributed by atoms with Crippen LogP contribution in [0.1, 0.15) is 16.7 Å². The van der Waals surface area contributed by atoms with Gasteiger partial charge in [-0.15, -0.1) is 0 Å². The summed E-state index contributed by atoms with van der Waals surface area (Å²) in [4.78, 5) is 0. The van der Waals surface area contributed by atoms with E-state index in [9.17, 15) is 15.8 Å². The lowest BCUT2D eigenvalue weighted by Gasteiger charge is -2.16. The van der Waals surface area contributed by atoms with Crippen LogP contribution < -0.4 is 0 Å². The maximum atomic E-state index is 10.1. The molecule has 8 aromatic rings. The Labute approximate surface area is 252 Å². The zero-order valence-electron chi connectivity index (χ0n) is 23.4. The lowest BCUT2D eigenvalue weighted by molar-refractivity contribution is 1.13. The predicted molar refractivity (Wildman–Crippen MR) is 175 cm³/mol. The second kappa shape index (κ2) is 9.74. The van der Waals surface area contributed by atoms with Crippen LogP contribution in [-0.2, 0) is 0 Å². The summed E-state index contributed by atoms with van der Waals surface area (Å²) in [6.45, 7) is 0. The summed E-state index contributed by atoms with van der Waals surface area (Å²) in [6.07, 6.45) is 0. The van der Waals surface area contributed by atoms with Crippen molar-refractivity contribution >= 4 is 43.6 Å². The van der Waals surface area contributed by atoms with Gasteiger partial charge in [0.15, 0.2) is 0 Å². The Morgan fingerprint density at radius 1 is 0.409 bits per heavy atom. The second-order valence-corrected chi connectivity index (χ2v) is 10.8. The summed E-state index contributed by atoms with van der Waals surface area (Å²) in [7, 11) is 0. The van der Waals surface area contributed by atoms with Gasteiger partial charge in [-0.25, -0.2) is 0 Å². The largest absolute Gasteiger partial charge is 0.309 e. The van der Waals surface area contributed by atoms with Crippen molar-refractivity contribution in [2.75, 3.05) is 0 Å². The Hall–Kier alpha value is -6.61. The van der Waals surface area contributed by atoms with Gasteiger partial charge in [0.1, 0.15) is 0 Å².